The summed E-state index contributed by atoms with van der Waals surface area (Å²) in [6.07, 6.45) is 5.95. The molecule has 0 aliphatic carbocycles. The summed E-state index contributed by atoms with van der Waals surface area (Å²) >= 11 is 0. The van der Waals surface area contributed by atoms with Gasteiger partial charge in [0, 0.05) is 38.8 Å². The summed E-state index contributed by atoms with van der Waals surface area (Å²) in [6, 6.07) is 8.19. The Morgan fingerprint density at radius 3 is 2.67 bits per heavy atom. The second-order valence-electron chi connectivity index (χ2n) is 6.16. The van der Waals surface area contributed by atoms with E-state index in [1.807, 2.05) is 23.1 Å². The number of nitrogens with one attached hydrogen (secondary N) is 2. The lowest BCUT2D eigenvalue weighted by Gasteiger charge is -2.17. The Hall–Kier alpha value is -2.04. The Labute approximate surface area is 145 Å². The number of benzene rings is 1. The number of anilines is 1. The molecule has 0 fully saturated rings. The van der Waals surface area contributed by atoms with Crippen molar-refractivity contribution in [3.8, 4) is 0 Å². The molecule has 1 aliphatic heterocycles. The van der Waals surface area contributed by atoms with Gasteiger partial charge in [-0.05, 0) is 30.9 Å². The molecule has 5 heteroatoms. The molecule has 24 heavy (non-hydrogen) atoms. The van der Waals surface area contributed by atoms with Crippen LogP contribution in [-0.2, 0) is 11.2 Å². The number of aliphatic imine (C=N–C) groups is 1. The van der Waals surface area contributed by atoms with Gasteiger partial charge in [-0.1, -0.05) is 38.0 Å². The molecule has 0 spiro atoms. The van der Waals surface area contributed by atoms with E-state index in [1.165, 1.54) is 18.4 Å². The number of hydrogen-bond donors (Lipinski definition) is 2. The Morgan fingerprint density at radius 1 is 1.17 bits per heavy atom. The van der Waals surface area contributed by atoms with Crippen molar-refractivity contribution in [2.24, 2.45) is 4.99 Å². The van der Waals surface area contributed by atoms with Crippen LogP contribution in [0.15, 0.2) is 29.3 Å². The molecule has 0 aromatic heterocycles. The summed E-state index contributed by atoms with van der Waals surface area (Å²) < 4.78 is 0. The predicted molar refractivity (Wildman–Crippen MR) is 101 cm³/mol. The van der Waals surface area contributed by atoms with Crippen LogP contribution in [0, 0.1) is 0 Å². The second-order valence-corrected chi connectivity index (χ2v) is 6.16. The number of carbonyl (C=O) groups excluding carboxylic acids is 1. The average molecular weight is 330 g/mol. The van der Waals surface area contributed by atoms with Gasteiger partial charge in [0.05, 0.1) is 0 Å². The van der Waals surface area contributed by atoms with Crippen LogP contribution in [0.1, 0.15) is 44.6 Å². The number of rotatable bonds is 8. The van der Waals surface area contributed by atoms with Gasteiger partial charge in [0.15, 0.2) is 5.96 Å². The van der Waals surface area contributed by atoms with Gasteiger partial charge in [0.1, 0.15) is 0 Å². The van der Waals surface area contributed by atoms with Crippen molar-refractivity contribution in [3.05, 3.63) is 29.8 Å². The first kappa shape index (κ1) is 18.3. The van der Waals surface area contributed by atoms with Crippen molar-refractivity contribution < 1.29 is 4.79 Å². The molecule has 1 aromatic rings. The maximum Gasteiger partial charge on any atom is 0.227 e. The van der Waals surface area contributed by atoms with Crippen molar-refractivity contribution in [1.29, 1.82) is 0 Å². The first-order valence-corrected chi connectivity index (χ1v) is 9.09. The van der Waals surface area contributed by atoms with Crippen LogP contribution < -0.4 is 15.5 Å². The third kappa shape index (κ3) is 5.25. The molecule has 0 saturated heterocycles. The fourth-order valence-corrected chi connectivity index (χ4v) is 2.98. The summed E-state index contributed by atoms with van der Waals surface area (Å²) in [6.45, 7) is 4.71. The van der Waals surface area contributed by atoms with Gasteiger partial charge < -0.3 is 15.5 Å². The molecule has 1 aromatic carbocycles. The van der Waals surface area contributed by atoms with Crippen LogP contribution in [0.25, 0.3) is 0 Å². The maximum atomic E-state index is 12.4. The number of amides is 1. The van der Waals surface area contributed by atoms with Crippen molar-refractivity contribution in [1.82, 2.24) is 10.6 Å². The van der Waals surface area contributed by atoms with E-state index < -0.39 is 0 Å². The minimum absolute atomic E-state index is 0.215. The number of carbonyl (C=O) groups is 1. The smallest absolute Gasteiger partial charge is 0.227 e. The quantitative estimate of drug-likeness (QED) is 0.438. The van der Waals surface area contributed by atoms with E-state index in [2.05, 4.69) is 28.6 Å². The summed E-state index contributed by atoms with van der Waals surface area (Å²) in [5, 5.41) is 6.58. The van der Waals surface area contributed by atoms with E-state index in [0.717, 1.165) is 50.5 Å². The first-order chi connectivity index (χ1) is 11.8. The number of para-hydroxylation sites is 1. The Balaban J connectivity index is 1.66. The minimum atomic E-state index is 0.215. The fourth-order valence-electron chi connectivity index (χ4n) is 2.98. The Kier molecular flexibility index (Phi) is 7.59. The lowest BCUT2D eigenvalue weighted by Crippen LogP contribution is -2.38. The van der Waals surface area contributed by atoms with Crippen molar-refractivity contribution in [2.75, 3.05) is 31.6 Å². The number of guanidine groups is 1. The molecule has 0 bridgehead atoms. The fraction of sp³-hybridized carbons (Fsp3) is 0.579. The molecule has 0 unspecified atom stereocenters. The highest BCUT2D eigenvalue weighted by atomic mass is 16.2. The zero-order valence-electron chi connectivity index (χ0n) is 15.0. The van der Waals surface area contributed by atoms with E-state index in [4.69, 9.17) is 0 Å². The van der Waals surface area contributed by atoms with Gasteiger partial charge >= 0.3 is 0 Å². The summed E-state index contributed by atoms with van der Waals surface area (Å²) in [5.74, 6) is 1.04. The van der Waals surface area contributed by atoms with Crippen LogP contribution in [0.3, 0.4) is 0 Å². The lowest BCUT2D eigenvalue weighted by atomic mass is 10.2. The Bertz CT molecular complexity index is 556. The normalized spacial score (nSPS) is 13.8. The molecular weight excluding hydrogens is 300 g/mol. The molecule has 1 amide bonds. The minimum Gasteiger partial charge on any atom is -0.356 e. The summed E-state index contributed by atoms with van der Waals surface area (Å²) in [5.41, 5.74) is 2.37. The molecular formula is C19H30N4O. The highest BCUT2D eigenvalue weighted by Gasteiger charge is 2.23. The van der Waals surface area contributed by atoms with Gasteiger partial charge in [0.25, 0.3) is 0 Å². The molecule has 0 radical (unpaired) electrons. The average Bonchev–Trinajstić information content (AvgIpc) is 3.04. The second kappa shape index (κ2) is 9.96. The van der Waals surface area contributed by atoms with E-state index in [0.29, 0.717) is 6.42 Å². The third-order valence-corrected chi connectivity index (χ3v) is 4.34. The zero-order chi connectivity index (χ0) is 17.2. The van der Waals surface area contributed by atoms with Gasteiger partial charge in [0.2, 0.25) is 5.91 Å². The monoisotopic (exact) mass is 330 g/mol. The van der Waals surface area contributed by atoms with Crippen LogP contribution in [0.4, 0.5) is 5.69 Å². The molecule has 0 atom stereocenters. The largest absolute Gasteiger partial charge is 0.356 e. The van der Waals surface area contributed by atoms with Crippen LogP contribution in [-0.4, -0.2) is 38.5 Å². The molecule has 132 valence electrons. The maximum absolute atomic E-state index is 12.4. The van der Waals surface area contributed by atoms with E-state index in [1.54, 1.807) is 7.05 Å². The summed E-state index contributed by atoms with van der Waals surface area (Å²) in [4.78, 5) is 18.6. The topological polar surface area (TPSA) is 56.7 Å². The van der Waals surface area contributed by atoms with Gasteiger partial charge in [-0.2, -0.15) is 0 Å². The van der Waals surface area contributed by atoms with Gasteiger partial charge in [-0.15, -0.1) is 0 Å². The van der Waals surface area contributed by atoms with Crippen molar-refractivity contribution in [3.63, 3.8) is 0 Å². The molecule has 2 rings (SSSR count). The number of fused-ring (bicyclic) bond motifs is 1. The predicted octanol–water partition coefficient (Wildman–Crippen LogP) is 2.71. The van der Waals surface area contributed by atoms with Crippen LogP contribution in [0.5, 0.6) is 0 Å². The van der Waals surface area contributed by atoms with Crippen LogP contribution in [0.2, 0.25) is 0 Å². The Morgan fingerprint density at radius 2 is 1.92 bits per heavy atom. The van der Waals surface area contributed by atoms with Crippen molar-refractivity contribution >= 4 is 17.6 Å². The molecule has 1 heterocycles. The summed E-state index contributed by atoms with van der Waals surface area (Å²) in [7, 11) is 1.78. The number of hydrogen-bond acceptors (Lipinski definition) is 2. The van der Waals surface area contributed by atoms with Crippen molar-refractivity contribution in [2.45, 2.75) is 45.4 Å². The zero-order valence-corrected chi connectivity index (χ0v) is 15.0. The lowest BCUT2D eigenvalue weighted by molar-refractivity contribution is -0.118. The van der Waals surface area contributed by atoms with Crippen LogP contribution >= 0.6 is 0 Å². The van der Waals surface area contributed by atoms with E-state index in [-0.39, 0.29) is 5.91 Å². The number of unbranched alkanes of at least 4 members (excludes halogenated alkanes) is 2. The first-order valence-electron chi connectivity index (χ1n) is 9.09. The highest BCUT2D eigenvalue weighted by Crippen LogP contribution is 2.27. The standard InChI is InChI=1S/C19H30N4O/c1-3-4-7-13-21-19(20-2)22-14-8-11-18(24)23-15-12-16-9-5-6-10-17(16)23/h5-6,9-10H,3-4,7-8,11-15H2,1-2H3,(H2,20,21,22). The molecule has 5 nitrogen and oxygen atoms in total. The molecule has 1 aliphatic rings. The third-order valence-electron chi connectivity index (χ3n) is 4.34. The van der Waals surface area contributed by atoms with Gasteiger partial charge in [-0.25, -0.2) is 0 Å². The molecule has 0 saturated carbocycles. The van der Waals surface area contributed by atoms with E-state index >= 15 is 0 Å². The highest BCUT2D eigenvalue weighted by molar-refractivity contribution is 5.95. The SMILES string of the molecule is CCCCCNC(=NC)NCCCC(=O)N1CCc2ccccc21. The van der Waals surface area contributed by atoms with E-state index in [9.17, 15) is 4.79 Å². The molecule has 2 N–H and O–H groups in total. The van der Waals surface area contributed by atoms with Gasteiger partial charge in [-0.3, -0.25) is 9.79 Å². The number of nitrogens with zero attached hydrogens (tertiary/aromatic N) is 2.